The Morgan fingerprint density at radius 3 is 1.63 bits per heavy atom. The summed E-state index contributed by atoms with van der Waals surface area (Å²) >= 11 is 0. The molecule has 0 aromatic rings. The van der Waals surface area contributed by atoms with Crippen LogP contribution in [0.1, 0.15) is 104 Å². The van der Waals surface area contributed by atoms with Crippen molar-refractivity contribution in [2.45, 2.75) is 104 Å². The van der Waals surface area contributed by atoms with Crippen LogP contribution in [0.4, 0.5) is 0 Å². The fourth-order valence-electron chi connectivity index (χ4n) is 2.36. The van der Waals surface area contributed by atoms with E-state index in [1.165, 1.54) is 89.9 Å². The molecular formula is C18H37N. The van der Waals surface area contributed by atoms with Crippen molar-refractivity contribution < 1.29 is 0 Å². The molecule has 1 nitrogen and oxygen atoms in total. The van der Waals surface area contributed by atoms with Gasteiger partial charge in [0.05, 0.1) is 0 Å². The molecule has 0 fully saturated rings. The van der Waals surface area contributed by atoms with Crippen LogP contribution in [0.2, 0.25) is 0 Å². The van der Waals surface area contributed by atoms with E-state index in [2.05, 4.69) is 25.1 Å². The van der Waals surface area contributed by atoms with E-state index in [0.717, 1.165) is 6.54 Å². The minimum absolute atomic E-state index is 1.05. The normalized spacial score (nSPS) is 11.5. The van der Waals surface area contributed by atoms with Crippen molar-refractivity contribution in [3.05, 3.63) is 0 Å². The first-order valence-electron chi connectivity index (χ1n) is 8.90. The Morgan fingerprint density at radius 2 is 1.05 bits per heavy atom. The van der Waals surface area contributed by atoms with E-state index in [4.69, 9.17) is 0 Å². The molecule has 0 saturated carbocycles. The van der Waals surface area contributed by atoms with Gasteiger partial charge in [-0.05, 0) is 25.5 Å². The zero-order chi connectivity index (χ0) is 14.0. The van der Waals surface area contributed by atoms with Gasteiger partial charge in [0.15, 0.2) is 0 Å². The molecule has 0 rings (SSSR count). The zero-order valence-corrected chi connectivity index (χ0v) is 13.6. The second-order valence-corrected chi connectivity index (χ2v) is 5.77. The maximum atomic E-state index is 4.49. The van der Waals surface area contributed by atoms with Crippen LogP contribution in [0.25, 0.3) is 0 Å². The molecule has 0 heterocycles. The van der Waals surface area contributed by atoms with E-state index in [0.29, 0.717) is 0 Å². The number of hydrogen-bond donors (Lipinski definition) is 0. The fraction of sp³-hybridized carbons (Fsp3) is 0.944. The van der Waals surface area contributed by atoms with Crippen LogP contribution in [0.15, 0.2) is 4.99 Å². The number of hydrogen-bond acceptors (Lipinski definition) is 1. The number of unbranched alkanes of at least 4 members (excludes halogenated alkanes) is 12. The summed E-state index contributed by atoms with van der Waals surface area (Å²) in [4.78, 5) is 4.49. The summed E-state index contributed by atoms with van der Waals surface area (Å²) in [6, 6.07) is 0. The van der Waals surface area contributed by atoms with Gasteiger partial charge in [-0.3, -0.25) is 4.99 Å². The molecule has 0 bridgehead atoms. The van der Waals surface area contributed by atoms with Crippen LogP contribution in [0.5, 0.6) is 0 Å². The van der Waals surface area contributed by atoms with Crippen molar-refractivity contribution in [1.29, 1.82) is 0 Å². The maximum absolute atomic E-state index is 4.49. The average Bonchev–Trinajstić information content (AvgIpc) is 2.43. The molecule has 0 aliphatic rings. The molecule has 0 unspecified atom stereocenters. The smallest absolute Gasteiger partial charge is 0.0385 e. The van der Waals surface area contributed by atoms with Gasteiger partial charge in [-0.15, -0.1) is 0 Å². The van der Waals surface area contributed by atoms with Gasteiger partial charge >= 0.3 is 0 Å². The van der Waals surface area contributed by atoms with E-state index in [1.807, 2.05) is 0 Å². The van der Waals surface area contributed by atoms with Gasteiger partial charge in [0.1, 0.15) is 0 Å². The molecule has 0 atom stereocenters. The van der Waals surface area contributed by atoms with Crippen molar-refractivity contribution in [3.8, 4) is 0 Å². The number of aliphatic imine (C=N–C) groups is 1. The summed E-state index contributed by atoms with van der Waals surface area (Å²) in [5.41, 5.74) is 0. The van der Waals surface area contributed by atoms with Crippen LogP contribution < -0.4 is 0 Å². The van der Waals surface area contributed by atoms with Gasteiger partial charge in [0.2, 0.25) is 0 Å². The molecule has 0 saturated heterocycles. The molecule has 0 N–H and O–H groups in total. The van der Waals surface area contributed by atoms with Gasteiger partial charge < -0.3 is 0 Å². The molecule has 114 valence electrons. The topological polar surface area (TPSA) is 12.4 Å². The first-order chi connectivity index (χ1) is 9.41. The van der Waals surface area contributed by atoms with Gasteiger partial charge in [-0.1, -0.05) is 84.5 Å². The average molecular weight is 268 g/mol. The van der Waals surface area contributed by atoms with E-state index in [1.54, 1.807) is 0 Å². The number of nitrogens with zero attached hydrogens (tertiary/aromatic N) is 1. The fourth-order valence-corrected chi connectivity index (χ4v) is 2.36. The standard InChI is InChI=1S/C18H37N/c1-3-5-7-9-10-11-12-13-14-16-18-19-17-15-8-6-4-2/h18H,3-17H2,1-2H3. The minimum atomic E-state index is 1.05. The highest BCUT2D eigenvalue weighted by Crippen LogP contribution is 2.10. The molecule has 0 aromatic heterocycles. The van der Waals surface area contributed by atoms with Crippen LogP contribution in [-0.2, 0) is 0 Å². The summed E-state index contributed by atoms with van der Waals surface area (Å²) in [6.07, 6.45) is 21.4. The van der Waals surface area contributed by atoms with E-state index >= 15 is 0 Å². The molecule has 0 aromatic carbocycles. The Hall–Kier alpha value is -0.330. The lowest BCUT2D eigenvalue weighted by atomic mass is 10.1. The predicted molar refractivity (Wildman–Crippen MR) is 89.3 cm³/mol. The first kappa shape index (κ1) is 18.7. The second kappa shape index (κ2) is 17.7. The van der Waals surface area contributed by atoms with Crippen molar-refractivity contribution in [3.63, 3.8) is 0 Å². The largest absolute Gasteiger partial charge is 0.298 e. The van der Waals surface area contributed by atoms with E-state index in [9.17, 15) is 0 Å². The molecule has 19 heavy (non-hydrogen) atoms. The molecule has 1 heteroatoms. The highest BCUT2D eigenvalue weighted by molar-refractivity contribution is 5.56. The molecule has 0 aliphatic heterocycles. The Balaban J connectivity index is 2.99. The third-order valence-electron chi connectivity index (χ3n) is 3.71. The Kier molecular flexibility index (Phi) is 17.4. The van der Waals surface area contributed by atoms with Crippen LogP contribution in [0.3, 0.4) is 0 Å². The Bertz CT molecular complexity index is 175. The lowest BCUT2D eigenvalue weighted by molar-refractivity contribution is 0.569. The Labute approximate surface area is 122 Å². The molecule has 0 spiro atoms. The molecule has 0 aliphatic carbocycles. The van der Waals surface area contributed by atoms with Crippen molar-refractivity contribution in [2.75, 3.05) is 6.54 Å². The molecule has 0 amide bonds. The van der Waals surface area contributed by atoms with Crippen molar-refractivity contribution in [2.24, 2.45) is 4.99 Å². The minimum Gasteiger partial charge on any atom is -0.298 e. The van der Waals surface area contributed by atoms with Crippen molar-refractivity contribution >= 4 is 6.21 Å². The predicted octanol–water partition coefficient (Wildman–Crippen LogP) is 6.56. The lowest BCUT2D eigenvalue weighted by Crippen LogP contribution is -1.85. The third-order valence-corrected chi connectivity index (χ3v) is 3.71. The zero-order valence-electron chi connectivity index (χ0n) is 13.6. The maximum Gasteiger partial charge on any atom is 0.0385 e. The summed E-state index contributed by atoms with van der Waals surface area (Å²) in [7, 11) is 0. The summed E-state index contributed by atoms with van der Waals surface area (Å²) in [5.74, 6) is 0. The highest BCUT2D eigenvalue weighted by atomic mass is 14.7. The van der Waals surface area contributed by atoms with Crippen LogP contribution in [0, 0.1) is 0 Å². The summed E-state index contributed by atoms with van der Waals surface area (Å²) in [6.45, 7) is 5.59. The Morgan fingerprint density at radius 1 is 0.579 bits per heavy atom. The number of rotatable bonds is 15. The highest BCUT2D eigenvalue weighted by Gasteiger charge is 1.91. The van der Waals surface area contributed by atoms with Crippen LogP contribution >= 0.6 is 0 Å². The SMILES string of the molecule is CCCCCCCCCCCC=NCCCCCC. The summed E-state index contributed by atoms with van der Waals surface area (Å²) in [5, 5.41) is 0. The second-order valence-electron chi connectivity index (χ2n) is 5.77. The quantitative estimate of drug-likeness (QED) is 0.235. The first-order valence-corrected chi connectivity index (χ1v) is 8.90. The third kappa shape index (κ3) is 17.7. The van der Waals surface area contributed by atoms with Gasteiger partial charge in [0, 0.05) is 6.54 Å². The van der Waals surface area contributed by atoms with Gasteiger partial charge in [-0.25, -0.2) is 0 Å². The lowest BCUT2D eigenvalue weighted by Gasteiger charge is -2.00. The monoisotopic (exact) mass is 267 g/mol. The van der Waals surface area contributed by atoms with Crippen molar-refractivity contribution in [1.82, 2.24) is 0 Å². The molecular weight excluding hydrogens is 230 g/mol. The summed E-state index contributed by atoms with van der Waals surface area (Å²) < 4.78 is 0. The van der Waals surface area contributed by atoms with Crippen LogP contribution in [-0.4, -0.2) is 12.8 Å². The van der Waals surface area contributed by atoms with Gasteiger partial charge in [-0.2, -0.15) is 0 Å². The molecule has 0 radical (unpaired) electrons. The van der Waals surface area contributed by atoms with Gasteiger partial charge in [0.25, 0.3) is 0 Å². The van der Waals surface area contributed by atoms with E-state index < -0.39 is 0 Å². The van der Waals surface area contributed by atoms with E-state index in [-0.39, 0.29) is 0 Å².